The Morgan fingerprint density at radius 1 is 0.800 bits per heavy atom. The first-order chi connectivity index (χ1) is 19.4. The Labute approximate surface area is 232 Å². The summed E-state index contributed by atoms with van der Waals surface area (Å²) in [6, 6.07) is 23.7. The maximum atomic E-state index is 13.1. The molecule has 5 rings (SSSR count). The Morgan fingerprint density at radius 2 is 1.55 bits per heavy atom. The van der Waals surface area contributed by atoms with Gasteiger partial charge in [0.1, 0.15) is 0 Å². The molecule has 0 aliphatic carbocycles. The van der Waals surface area contributed by atoms with Crippen molar-refractivity contribution in [3.63, 3.8) is 0 Å². The molecule has 0 atom stereocenters. The highest BCUT2D eigenvalue weighted by molar-refractivity contribution is 6.05. The van der Waals surface area contributed by atoms with Crippen molar-refractivity contribution in [2.24, 2.45) is 5.73 Å². The van der Waals surface area contributed by atoms with Crippen LogP contribution >= 0.6 is 0 Å². The monoisotopic (exact) mass is 537 g/mol. The summed E-state index contributed by atoms with van der Waals surface area (Å²) in [6.45, 7) is 5.48. The number of furan rings is 1. The molecule has 0 unspecified atom stereocenters. The van der Waals surface area contributed by atoms with E-state index >= 15 is 0 Å². The van der Waals surface area contributed by atoms with Gasteiger partial charge in [-0.1, -0.05) is 30.3 Å². The molecule has 4 N–H and O–H groups in total. The third kappa shape index (κ3) is 5.99. The molecular weight excluding hydrogens is 506 g/mol. The van der Waals surface area contributed by atoms with Crippen LogP contribution in [0.2, 0.25) is 0 Å². The zero-order valence-corrected chi connectivity index (χ0v) is 22.2. The molecule has 0 bridgehead atoms. The van der Waals surface area contributed by atoms with Gasteiger partial charge < -0.3 is 30.6 Å². The minimum absolute atomic E-state index is 0.180. The van der Waals surface area contributed by atoms with Crippen molar-refractivity contribution < 1.29 is 18.8 Å². The van der Waals surface area contributed by atoms with E-state index in [2.05, 4.69) is 45.6 Å². The third-order valence-corrected chi connectivity index (χ3v) is 6.99. The highest BCUT2D eigenvalue weighted by atomic mass is 16.3. The second-order valence-electron chi connectivity index (χ2n) is 9.67. The molecule has 1 aromatic heterocycles. The Balaban J connectivity index is 1.34. The molecular formula is C31H31N5O4. The van der Waals surface area contributed by atoms with Gasteiger partial charge in [-0.15, -0.1) is 0 Å². The second-order valence-corrected chi connectivity index (χ2v) is 9.67. The molecule has 4 aromatic rings. The van der Waals surface area contributed by atoms with Gasteiger partial charge in [-0.05, 0) is 66.6 Å². The summed E-state index contributed by atoms with van der Waals surface area (Å²) in [6.07, 6.45) is 1.44. The van der Waals surface area contributed by atoms with Crippen LogP contribution in [0, 0.1) is 6.92 Å². The zero-order valence-electron chi connectivity index (χ0n) is 22.2. The first-order valence-corrected chi connectivity index (χ1v) is 13.1. The molecule has 0 saturated carbocycles. The standard InChI is InChI=1S/C31H31N5O4/c1-21-6-2-3-9-26(21)35-13-15-36(16-14-35)27-12-11-24(19-25(27)34-31(39)28-10-5-17-40-28)30(38)33-20-22-7-4-8-23(18-22)29(32)37/h2-12,17-19H,13-16,20H2,1H3,(H2,32,37)(H,33,38)(H,34,39). The van der Waals surface area contributed by atoms with E-state index in [0.717, 1.165) is 37.4 Å². The molecule has 1 fully saturated rings. The maximum absolute atomic E-state index is 13.1. The number of hydrogen-bond acceptors (Lipinski definition) is 6. The number of para-hydroxylation sites is 1. The number of amides is 3. The van der Waals surface area contributed by atoms with Gasteiger partial charge in [0.15, 0.2) is 5.76 Å². The minimum atomic E-state index is -0.527. The summed E-state index contributed by atoms with van der Waals surface area (Å²) in [5.74, 6) is -1.06. The van der Waals surface area contributed by atoms with Gasteiger partial charge in [-0.2, -0.15) is 0 Å². The summed E-state index contributed by atoms with van der Waals surface area (Å²) in [7, 11) is 0. The van der Waals surface area contributed by atoms with Crippen molar-refractivity contribution in [2.75, 3.05) is 41.3 Å². The number of anilines is 3. The van der Waals surface area contributed by atoms with E-state index in [1.807, 2.05) is 12.1 Å². The van der Waals surface area contributed by atoms with E-state index in [4.69, 9.17) is 10.2 Å². The van der Waals surface area contributed by atoms with Crippen LogP contribution in [0.25, 0.3) is 0 Å². The third-order valence-electron chi connectivity index (χ3n) is 6.99. The average Bonchev–Trinajstić information content (AvgIpc) is 3.52. The predicted molar refractivity (Wildman–Crippen MR) is 155 cm³/mol. The molecule has 1 aliphatic heterocycles. The lowest BCUT2D eigenvalue weighted by molar-refractivity contribution is 0.0948. The molecule has 9 heteroatoms. The summed E-state index contributed by atoms with van der Waals surface area (Å²) in [5.41, 5.74) is 10.7. The maximum Gasteiger partial charge on any atom is 0.291 e. The van der Waals surface area contributed by atoms with Crippen LogP contribution < -0.4 is 26.2 Å². The van der Waals surface area contributed by atoms with Gasteiger partial charge in [0.05, 0.1) is 17.6 Å². The molecule has 2 heterocycles. The van der Waals surface area contributed by atoms with E-state index < -0.39 is 11.8 Å². The van der Waals surface area contributed by atoms with Crippen LogP contribution in [0.1, 0.15) is 42.4 Å². The largest absolute Gasteiger partial charge is 0.459 e. The smallest absolute Gasteiger partial charge is 0.291 e. The van der Waals surface area contributed by atoms with Crippen molar-refractivity contribution in [1.29, 1.82) is 0 Å². The molecule has 3 amide bonds. The van der Waals surface area contributed by atoms with Crippen molar-refractivity contribution >= 4 is 34.8 Å². The van der Waals surface area contributed by atoms with Crippen molar-refractivity contribution in [3.05, 3.63) is 113 Å². The lowest BCUT2D eigenvalue weighted by Crippen LogP contribution is -2.47. The first kappa shape index (κ1) is 26.6. The van der Waals surface area contributed by atoms with Gasteiger partial charge in [0.2, 0.25) is 5.91 Å². The van der Waals surface area contributed by atoms with E-state index in [1.165, 1.54) is 17.5 Å². The Kier molecular flexibility index (Phi) is 7.82. The topological polar surface area (TPSA) is 121 Å². The number of piperazine rings is 1. The second kappa shape index (κ2) is 11.8. The quantitative estimate of drug-likeness (QED) is 0.310. The van der Waals surface area contributed by atoms with Crippen LogP contribution in [0.4, 0.5) is 17.1 Å². The zero-order chi connectivity index (χ0) is 28.1. The van der Waals surface area contributed by atoms with E-state index in [0.29, 0.717) is 16.8 Å². The van der Waals surface area contributed by atoms with Gasteiger partial charge in [-0.25, -0.2) is 0 Å². The van der Waals surface area contributed by atoms with Crippen molar-refractivity contribution in [3.8, 4) is 0 Å². The highest BCUT2D eigenvalue weighted by Crippen LogP contribution is 2.30. The molecule has 1 aliphatic rings. The number of carbonyl (C=O) groups excluding carboxylic acids is 3. The molecule has 9 nitrogen and oxygen atoms in total. The number of benzene rings is 3. The van der Waals surface area contributed by atoms with Gasteiger partial charge in [-0.3, -0.25) is 14.4 Å². The van der Waals surface area contributed by atoms with E-state index in [-0.39, 0.29) is 18.2 Å². The number of nitrogens with one attached hydrogen (secondary N) is 2. The first-order valence-electron chi connectivity index (χ1n) is 13.1. The highest BCUT2D eigenvalue weighted by Gasteiger charge is 2.23. The fraction of sp³-hybridized carbons (Fsp3) is 0.194. The van der Waals surface area contributed by atoms with E-state index in [9.17, 15) is 14.4 Å². The van der Waals surface area contributed by atoms with Crippen molar-refractivity contribution in [2.45, 2.75) is 13.5 Å². The summed E-state index contributed by atoms with van der Waals surface area (Å²) >= 11 is 0. The molecule has 1 saturated heterocycles. The van der Waals surface area contributed by atoms with Crippen LogP contribution in [-0.2, 0) is 6.54 Å². The Morgan fingerprint density at radius 3 is 2.25 bits per heavy atom. The van der Waals surface area contributed by atoms with Crippen LogP contribution in [-0.4, -0.2) is 43.9 Å². The molecule has 40 heavy (non-hydrogen) atoms. The molecule has 204 valence electrons. The fourth-order valence-electron chi connectivity index (χ4n) is 4.87. The normalized spacial score (nSPS) is 13.1. The number of primary amides is 1. The summed E-state index contributed by atoms with van der Waals surface area (Å²) in [4.78, 5) is 42.0. The molecule has 0 radical (unpaired) electrons. The molecule has 0 spiro atoms. The summed E-state index contributed by atoms with van der Waals surface area (Å²) in [5, 5.41) is 5.81. The number of nitrogens with zero attached hydrogens (tertiary/aromatic N) is 2. The van der Waals surface area contributed by atoms with Gasteiger partial charge in [0.25, 0.3) is 11.8 Å². The SMILES string of the molecule is Cc1ccccc1N1CCN(c2ccc(C(=O)NCc3cccc(C(N)=O)c3)cc2NC(=O)c2ccco2)CC1. The Hall–Kier alpha value is -5.05. The average molecular weight is 538 g/mol. The number of nitrogens with two attached hydrogens (primary N) is 1. The van der Waals surface area contributed by atoms with Crippen LogP contribution in [0.5, 0.6) is 0 Å². The fourth-order valence-corrected chi connectivity index (χ4v) is 4.87. The number of carbonyl (C=O) groups is 3. The van der Waals surface area contributed by atoms with Crippen LogP contribution in [0.3, 0.4) is 0 Å². The Bertz CT molecular complexity index is 1520. The predicted octanol–water partition coefficient (Wildman–Crippen LogP) is 4.20. The van der Waals surface area contributed by atoms with Gasteiger partial charge >= 0.3 is 0 Å². The number of aryl methyl sites for hydroxylation is 1. The number of hydrogen-bond donors (Lipinski definition) is 3. The summed E-state index contributed by atoms with van der Waals surface area (Å²) < 4.78 is 5.27. The lowest BCUT2D eigenvalue weighted by atomic mass is 10.1. The van der Waals surface area contributed by atoms with Gasteiger partial charge in [0, 0.05) is 49.5 Å². The van der Waals surface area contributed by atoms with E-state index in [1.54, 1.807) is 48.5 Å². The number of rotatable bonds is 8. The van der Waals surface area contributed by atoms with Crippen LogP contribution in [0.15, 0.2) is 89.5 Å². The lowest BCUT2D eigenvalue weighted by Gasteiger charge is -2.38. The molecule has 3 aromatic carbocycles. The minimum Gasteiger partial charge on any atom is -0.459 e. The van der Waals surface area contributed by atoms with Crippen molar-refractivity contribution in [1.82, 2.24) is 5.32 Å².